The lowest BCUT2D eigenvalue weighted by Gasteiger charge is -2.43. The van der Waals surface area contributed by atoms with Crippen LogP contribution in [0, 0.1) is 16.7 Å². The third-order valence-electron chi connectivity index (χ3n) is 6.22. The zero-order valence-electron chi connectivity index (χ0n) is 14.4. The molecule has 2 fully saturated rings. The van der Waals surface area contributed by atoms with Gasteiger partial charge in [0.2, 0.25) is 5.95 Å². The minimum atomic E-state index is 0.413. The molecule has 0 amide bonds. The lowest BCUT2D eigenvalue weighted by Crippen LogP contribution is -2.50. The Bertz CT molecular complexity index is 526. The molecule has 1 aromatic heterocycles. The van der Waals surface area contributed by atoms with Crippen molar-refractivity contribution >= 4 is 5.95 Å². The fourth-order valence-corrected chi connectivity index (χ4v) is 5.03. The van der Waals surface area contributed by atoms with Gasteiger partial charge in [-0.3, -0.25) is 0 Å². The zero-order valence-corrected chi connectivity index (χ0v) is 14.4. The van der Waals surface area contributed by atoms with Crippen molar-refractivity contribution in [2.75, 3.05) is 19.0 Å². The van der Waals surface area contributed by atoms with Crippen LogP contribution in [0.25, 0.3) is 0 Å². The van der Waals surface area contributed by atoms with Crippen LogP contribution in [0.3, 0.4) is 0 Å². The van der Waals surface area contributed by atoms with E-state index in [1.54, 1.807) is 0 Å². The summed E-state index contributed by atoms with van der Waals surface area (Å²) >= 11 is 0. The second-order valence-electron chi connectivity index (χ2n) is 8.23. The molecule has 2 aliphatic rings. The first-order valence-electron chi connectivity index (χ1n) is 8.17. The molecule has 3 unspecified atom stereocenters. The Hall–Kier alpha value is -1.03. The highest BCUT2D eigenvalue weighted by Gasteiger charge is 2.58. The van der Waals surface area contributed by atoms with Crippen LogP contribution in [-0.2, 0) is 13.6 Å². The molecule has 1 N–H and O–H groups in total. The summed E-state index contributed by atoms with van der Waals surface area (Å²) in [5, 5.41) is 3.87. The van der Waals surface area contributed by atoms with Crippen LogP contribution >= 0.6 is 0 Å². The molecule has 2 bridgehead atoms. The van der Waals surface area contributed by atoms with Gasteiger partial charge in [0.05, 0.1) is 11.9 Å². The minimum Gasteiger partial charge on any atom is -0.348 e. The van der Waals surface area contributed by atoms with E-state index >= 15 is 0 Å². The fourth-order valence-electron chi connectivity index (χ4n) is 5.03. The van der Waals surface area contributed by atoms with Crippen molar-refractivity contribution in [1.82, 2.24) is 14.9 Å². The average Bonchev–Trinajstić information content (AvgIpc) is 2.99. The Labute approximate surface area is 128 Å². The first-order chi connectivity index (χ1) is 9.75. The SMILES string of the molecule is CN(C)c1ncc(CNC2C3(C)CCC(C3)C2(C)C)n1C. The quantitative estimate of drug-likeness (QED) is 0.925. The van der Waals surface area contributed by atoms with Crippen molar-refractivity contribution in [3.63, 3.8) is 0 Å². The maximum atomic E-state index is 4.51. The van der Waals surface area contributed by atoms with E-state index < -0.39 is 0 Å². The van der Waals surface area contributed by atoms with Crippen LogP contribution in [0.5, 0.6) is 0 Å². The van der Waals surface area contributed by atoms with Gasteiger partial charge in [-0.05, 0) is 36.0 Å². The number of fused-ring (bicyclic) bond motifs is 2. The van der Waals surface area contributed by atoms with Crippen LogP contribution in [0.1, 0.15) is 45.7 Å². The van der Waals surface area contributed by atoms with Crippen molar-refractivity contribution < 1.29 is 0 Å². The van der Waals surface area contributed by atoms with E-state index in [0.29, 0.717) is 16.9 Å². The number of nitrogens with zero attached hydrogens (tertiary/aromatic N) is 3. The highest BCUT2D eigenvalue weighted by atomic mass is 15.3. The van der Waals surface area contributed by atoms with Crippen LogP contribution in [0.2, 0.25) is 0 Å². The number of rotatable bonds is 4. The molecule has 0 aliphatic heterocycles. The van der Waals surface area contributed by atoms with Crippen molar-refractivity contribution in [2.45, 2.75) is 52.6 Å². The van der Waals surface area contributed by atoms with E-state index in [1.807, 2.05) is 20.3 Å². The minimum absolute atomic E-state index is 0.413. The summed E-state index contributed by atoms with van der Waals surface area (Å²) in [6.07, 6.45) is 6.20. The summed E-state index contributed by atoms with van der Waals surface area (Å²) in [4.78, 5) is 6.57. The number of hydrogen-bond acceptors (Lipinski definition) is 3. The second kappa shape index (κ2) is 4.73. The Balaban J connectivity index is 1.73. The second-order valence-corrected chi connectivity index (χ2v) is 8.23. The van der Waals surface area contributed by atoms with E-state index in [0.717, 1.165) is 18.4 Å². The normalized spacial score (nSPS) is 33.6. The van der Waals surface area contributed by atoms with Gasteiger partial charge < -0.3 is 14.8 Å². The van der Waals surface area contributed by atoms with Gasteiger partial charge in [0.25, 0.3) is 0 Å². The van der Waals surface area contributed by atoms with Crippen LogP contribution < -0.4 is 10.2 Å². The van der Waals surface area contributed by atoms with Crippen molar-refractivity contribution in [3.05, 3.63) is 11.9 Å². The predicted octanol–water partition coefficient (Wildman–Crippen LogP) is 2.79. The molecule has 1 heterocycles. The maximum absolute atomic E-state index is 4.51. The van der Waals surface area contributed by atoms with Crippen LogP contribution in [0.4, 0.5) is 5.95 Å². The lowest BCUT2D eigenvalue weighted by atomic mass is 9.68. The Morgan fingerprint density at radius 1 is 1.38 bits per heavy atom. The molecule has 3 atom stereocenters. The molecule has 3 rings (SSSR count). The molecule has 2 saturated carbocycles. The molecule has 0 spiro atoms. The van der Waals surface area contributed by atoms with E-state index in [4.69, 9.17) is 0 Å². The third kappa shape index (κ3) is 2.19. The monoisotopic (exact) mass is 290 g/mol. The van der Waals surface area contributed by atoms with Crippen molar-refractivity contribution in [2.24, 2.45) is 23.8 Å². The Morgan fingerprint density at radius 3 is 2.62 bits per heavy atom. The van der Waals surface area contributed by atoms with E-state index in [9.17, 15) is 0 Å². The number of imidazole rings is 1. The number of nitrogens with one attached hydrogen (secondary N) is 1. The van der Waals surface area contributed by atoms with Gasteiger partial charge in [-0.2, -0.15) is 0 Å². The summed E-state index contributed by atoms with van der Waals surface area (Å²) in [7, 11) is 6.19. The summed E-state index contributed by atoms with van der Waals surface area (Å²) in [5.74, 6) is 1.91. The zero-order chi connectivity index (χ0) is 15.4. The molecule has 4 heteroatoms. The standard InChI is InChI=1S/C17H30N4/c1-16(2)12-7-8-17(3,9-12)14(16)18-10-13-11-19-15(20(4)5)21(13)6/h11-12,14,18H,7-10H2,1-6H3. The number of aromatic nitrogens is 2. The average molecular weight is 290 g/mol. The van der Waals surface area contributed by atoms with E-state index in [-0.39, 0.29) is 0 Å². The van der Waals surface area contributed by atoms with Gasteiger partial charge in [0, 0.05) is 33.7 Å². The van der Waals surface area contributed by atoms with Gasteiger partial charge in [0.15, 0.2) is 0 Å². The summed E-state index contributed by atoms with van der Waals surface area (Å²) in [6, 6.07) is 0.612. The van der Waals surface area contributed by atoms with Crippen molar-refractivity contribution in [1.29, 1.82) is 0 Å². The third-order valence-corrected chi connectivity index (χ3v) is 6.22. The Morgan fingerprint density at radius 2 is 2.10 bits per heavy atom. The van der Waals surface area contributed by atoms with Gasteiger partial charge in [-0.1, -0.05) is 20.8 Å². The first-order valence-corrected chi connectivity index (χ1v) is 8.17. The predicted molar refractivity (Wildman–Crippen MR) is 87.4 cm³/mol. The van der Waals surface area contributed by atoms with Gasteiger partial charge in [-0.25, -0.2) is 4.98 Å². The van der Waals surface area contributed by atoms with Gasteiger partial charge >= 0.3 is 0 Å². The molecule has 0 radical (unpaired) electrons. The molecule has 21 heavy (non-hydrogen) atoms. The van der Waals surface area contributed by atoms with Gasteiger partial charge in [-0.15, -0.1) is 0 Å². The summed E-state index contributed by atoms with van der Waals surface area (Å²) < 4.78 is 2.19. The fraction of sp³-hybridized carbons (Fsp3) is 0.824. The molecule has 1 aromatic rings. The lowest BCUT2D eigenvalue weighted by molar-refractivity contribution is 0.107. The Kier molecular flexibility index (Phi) is 3.36. The molecule has 118 valence electrons. The number of anilines is 1. The van der Waals surface area contributed by atoms with Crippen molar-refractivity contribution in [3.8, 4) is 0 Å². The van der Waals surface area contributed by atoms with E-state index in [2.05, 4.69) is 47.6 Å². The summed E-state index contributed by atoms with van der Waals surface area (Å²) in [6.45, 7) is 8.30. The largest absolute Gasteiger partial charge is 0.348 e. The topological polar surface area (TPSA) is 33.1 Å². The molecular formula is C17H30N4. The highest BCUT2D eigenvalue weighted by Crippen LogP contribution is 2.62. The highest BCUT2D eigenvalue weighted by molar-refractivity contribution is 5.31. The van der Waals surface area contributed by atoms with Crippen LogP contribution in [-0.4, -0.2) is 29.7 Å². The smallest absolute Gasteiger partial charge is 0.204 e. The first kappa shape index (κ1) is 14.9. The van der Waals surface area contributed by atoms with E-state index in [1.165, 1.54) is 25.0 Å². The number of hydrogen-bond donors (Lipinski definition) is 1. The molecule has 0 saturated heterocycles. The summed E-state index contributed by atoms with van der Waals surface area (Å²) in [5.41, 5.74) is 2.16. The molecular weight excluding hydrogens is 260 g/mol. The van der Waals surface area contributed by atoms with Crippen LogP contribution in [0.15, 0.2) is 6.20 Å². The molecule has 2 aliphatic carbocycles. The maximum Gasteiger partial charge on any atom is 0.204 e. The van der Waals surface area contributed by atoms with Gasteiger partial charge in [0.1, 0.15) is 0 Å². The molecule has 4 nitrogen and oxygen atoms in total. The molecule has 0 aromatic carbocycles.